The lowest BCUT2D eigenvalue weighted by Gasteiger charge is -2.20. The van der Waals surface area contributed by atoms with Gasteiger partial charge >= 0.3 is 5.97 Å². The highest BCUT2D eigenvalue weighted by atomic mass is 16.5. The van der Waals surface area contributed by atoms with Gasteiger partial charge in [0.15, 0.2) is 0 Å². The first kappa shape index (κ1) is 44.6. The molecule has 272 valence electrons. The number of nitrogens with one attached hydrogen (secondary N) is 1. The minimum atomic E-state index is -0.306. The van der Waals surface area contributed by atoms with Gasteiger partial charge in [0.25, 0.3) is 0 Å². The highest BCUT2D eigenvalue weighted by Crippen LogP contribution is 2.16. The van der Waals surface area contributed by atoms with E-state index in [0.29, 0.717) is 32.5 Å². The summed E-state index contributed by atoms with van der Waals surface area (Å²) in [6.45, 7) is 7.47. The summed E-state index contributed by atoms with van der Waals surface area (Å²) >= 11 is 0. The molecule has 0 fully saturated rings. The molecule has 0 aromatic rings. The van der Waals surface area contributed by atoms with E-state index in [1.807, 2.05) is 0 Å². The summed E-state index contributed by atoms with van der Waals surface area (Å²) in [5, 5.41) is 3.00. The Morgan fingerprint density at radius 1 is 0.565 bits per heavy atom. The fraction of sp³-hybridized carbons (Fsp3) is 0.925. The lowest BCUT2D eigenvalue weighted by Crippen LogP contribution is -2.38. The molecule has 0 saturated carbocycles. The number of aldehydes is 1. The van der Waals surface area contributed by atoms with Crippen LogP contribution in [-0.2, 0) is 23.9 Å². The molecule has 0 aromatic heterocycles. The SMILES string of the molecule is CCCCCCCCCCCCCC(=O)NC(CC=O)COCCC(CCCCCCC)OC(=O)CCCCCCCCCCC. The zero-order chi connectivity index (χ0) is 33.8. The molecule has 1 N–H and O–H groups in total. The molecule has 0 rings (SSSR count). The molecule has 0 spiro atoms. The van der Waals surface area contributed by atoms with Gasteiger partial charge in [-0.3, -0.25) is 9.59 Å². The van der Waals surface area contributed by atoms with Gasteiger partial charge in [0, 0.05) is 25.7 Å². The van der Waals surface area contributed by atoms with Crippen molar-refractivity contribution in [2.75, 3.05) is 13.2 Å². The third-order valence-corrected chi connectivity index (χ3v) is 9.07. The quantitative estimate of drug-likeness (QED) is 0.0410. The van der Waals surface area contributed by atoms with Gasteiger partial charge < -0.3 is 19.6 Å². The van der Waals surface area contributed by atoms with Crippen molar-refractivity contribution in [3.8, 4) is 0 Å². The first-order chi connectivity index (χ1) is 22.6. The second-order valence-electron chi connectivity index (χ2n) is 13.7. The fourth-order valence-corrected chi connectivity index (χ4v) is 6.04. The van der Waals surface area contributed by atoms with Gasteiger partial charge in [0.1, 0.15) is 12.4 Å². The van der Waals surface area contributed by atoms with Gasteiger partial charge in [-0.15, -0.1) is 0 Å². The van der Waals surface area contributed by atoms with Gasteiger partial charge in [0.2, 0.25) is 5.91 Å². The molecular formula is C40H77NO5. The molecule has 6 heteroatoms. The second kappa shape index (κ2) is 36.4. The predicted molar refractivity (Wildman–Crippen MR) is 194 cm³/mol. The summed E-state index contributed by atoms with van der Waals surface area (Å²) in [7, 11) is 0. The van der Waals surface area contributed by atoms with E-state index >= 15 is 0 Å². The van der Waals surface area contributed by atoms with Crippen molar-refractivity contribution in [3.63, 3.8) is 0 Å². The van der Waals surface area contributed by atoms with Crippen molar-refractivity contribution in [2.45, 2.75) is 226 Å². The molecule has 0 aromatic carbocycles. The second-order valence-corrected chi connectivity index (χ2v) is 13.7. The van der Waals surface area contributed by atoms with E-state index in [0.717, 1.165) is 51.2 Å². The van der Waals surface area contributed by atoms with Gasteiger partial charge in [-0.1, -0.05) is 162 Å². The third-order valence-electron chi connectivity index (χ3n) is 9.07. The summed E-state index contributed by atoms with van der Waals surface area (Å²) < 4.78 is 11.8. The van der Waals surface area contributed by atoms with Crippen LogP contribution >= 0.6 is 0 Å². The van der Waals surface area contributed by atoms with Crippen molar-refractivity contribution in [1.82, 2.24) is 5.32 Å². The van der Waals surface area contributed by atoms with E-state index < -0.39 is 0 Å². The van der Waals surface area contributed by atoms with E-state index in [9.17, 15) is 14.4 Å². The summed E-state index contributed by atoms with van der Waals surface area (Å²) in [5.74, 6) is -0.0863. The van der Waals surface area contributed by atoms with Crippen molar-refractivity contribution in [3.05, 3.63) is 0 Å². The highest BCUT2D eigenvalue weighted by molar-refractivity contribution is 5.76. The van der Waals surface area contributed by atoms with Crippen LogP contribution in [0.1, 0.15) is 213 Å². The van der Waals surface area contributed by atoms with Crippen molar-refractivity contribution in [2.24, 2.45) is 0 Å². The normalized spacial score (nSPS) is 12.6. The van der Waals surface area contributed by atoms with Crippen LogP contribution in [0.3, 0.4) is 0 Å². The number of carbonyl (C=O) groups excluding carboxylic acids is 3. The maximum absolute atomic E-state index is 12.6. The first-order valence-corrected chi connectivity index (χ1v) is 20.1. The van der Waals surface area contributed by atoms with Crippen LogP contribution in [0.4, 0.5) is 0 Å². The van der Waals surface area contributed by atoms with E-state index in [4.69, 9.17) is 9.47 Å². The van der Waals surface area contributed by atoms with E-state index in [1.165, 1.54) is 122 Å². The summed E-state index contributed by atoms with van der Waals surface area (Å²) in [4.78, 5) is 36.4. The highest BCUT2D eigenvalue weighted by Gasteiger charge is 2.16. The topological polar surface area (TPSA) is 81.7 Å². The molecule has 0 aliphatic rings. The van der Waals surface area contributed by atoms with Crippen molar-refractivity contribution >= 4 is 18.2 Å². The molecule has 46 heavy (non-hydrogen) atoms. The Kier molecular flexibility index (Phi) is 35.3. The van der Waals surface area contributed by atoms with E-state index in [2.05, 4.69) is 26.1 Å². The number of carbonyl (C=O) groups is 3. The zero-order valence-corrected chi connectivity index (χ0v) is 30.9. The number of rotatable bonds is 37. The number of unbranched alkanes of at least 4 members (excludes halogenated alkanes) is 22. The molecule has 1 amide bonds. The Bertz CT molecular complexity index is 670. The standard InChI is InChI=1S/C40H77NO5/c1-4-7-10-13-15-17-18-20-21-24-27-30-39(43)41-37(32-34-42)36-45-35-33-38(29-26-23-12-9-6-3)46-40(44)31-28-25-22-19-16-14-11-8-5-2/h34,37-38H,4-33,35-36H2,1-3H3,(H,41,43). The molecule has 0 aliphatic carbocycles. The van der Waals surface area contributed by atoms with Crippen LogP contribution < -0.4 is 5.32 Å². The molecule has 2 unspecified atom stereocenters. The van der Waals surface area contributed by atoms with Crippen molar-refractivity contribution < 1.29 is 23.9 Å². The minimum absolute atomic E-state index is 0.00162. The number of esters is 1. The maximum Gasteiger partial charge on any atom is 0.306 e. The van der Waals surface area contributed by atoms with E-state index in [1.54, 1.807) is 0 Å². The molecule has 0 saturated heterocycles. The Balaban J connectivity index is 4.27. The van der Waals surface area contributed by atoms with Crippen LogP contribution in [0.2, 0.25) is 0 Å². The number of ether oxygens (including phenoxy) is 2. The van der Waals surface area contributed by atoms with Crippen LogP contribution in [0.5, 0.6) is 0 Å². The zero-order valence-electron chi connectivity index (χ0n) is 30.9. The molecule has 6 nitrogen and oxygen atoms in total. The number of hydrogen-bond donors (Lipinski definition) is 1. The Morgan fingerprint density at radius 3 is 1.48 bits per heavy atom. The summed E-state index contributed by atoms with van der Waals surface area (Å²) in [6, 6.07) is -0.306. The Hall–Kier alpha value is -1.43. The Morgan fingerprint density at radius 2 is 1.00 bits per heavy atom. The Labute approximate surface area is 285 Å². The van der Waals surface area contributed by atoms with Crippen LogP contribution in [0.25, 0.3) is 0 Å². The van der Waals surface area contributed by atoms with Crippen LogP contribution in [0.15, 0.2) is 0 Å². The average molecular weight is 652 g/mol. The first-order valence-electron chi connectivity index (χ1n) is 20.1. The van der Waals surface area contributed by atoms with Crippen molar-refractivity contribution in [1.29, 1.82) is 0 Å². The smallest absolute Gasteiger partial charge is 0.306 e. The molecule has 2 atom stereocenters. The molecule has 0 heterocycles. The third kappa shape index (κ3) is 32.5. The van der Waals surface area contributed by atoms with Gasteiger partial charge in [0.05, 0.1) is 19.3 Å². The van der Waals surface area contributed by atoms with E-state index in [-0.39, 0.29) is 30.4 Å². The van der Waals surface area contributed by atoms with Gasteiger partial charge in [-0.05, 0) is 25.7 Å². The maximum atomic E-state index is 12.6. The summed E-state index contributed by atoms with van der Waals surface area (Å²) in [5.41, 5.74) is 0. The predicted octanol–water partition coefficient (Wildman–Crippen LogP) is 11.4. The van der Waals surface area contributed by atoms with Crippen LogP contribution in [-0.4, -0.2) is 43.5 Å². The lowest BCUT2D eigenvalue weighted by molar-refractivity contribution is -0.150. The van der Waals surface area contributed by atoms with Gasteiger partial charge in [-0.25, -0.2) is 0 Å². The summed E-state index contributed by atoms with van der Waals surface area (Å²) in [6.07, 6.45) is 34.2. The lowest BCUT2D eigenvalue weighted by atomic mass is 10.1. The van der Waals surface area contributed by atoms with Crippen LogP contribution in [0, 0.1) is 0 Å². The van der Waals surface area contributed by atoms with Gasteiger partial charge in [-0.2, -0.15) is 0 Å². The monoisotopic (exact) mass is 652 g/mol. The molecule has 0 bridgehead atoms. The minimum Gasteiger partial charge on any atom is -0.462 e. The number of amides is 1. The molecule has 0 aliphatic heterocycles. The average Bonchev–Trinajstić information content (AvgIpc) is 3.04. The molecule has 0 radical (unpaired) electrons. The fourth-order valence-electron chi connectivity index (χ4n) is 6.04. The largest absolute Gasteiger partial charge is 0.462 e. The number of hydrogen-bond acceptors (Lipinski definition) is 5. The molecular weight excluding hydrogens is 574 g/mol.